The van der Waals surface area contributed by atoms with Crippen molar-refractivity contribution in [3.63, 3.8) is 0 Å². The normalized spacial score (nSPS) is 16.4. The molecule has 3 nitrogen and oxygen atoms in total. The van der Waals surface area contributed by atoms with Crippen molar-refractivity contribution in [3.05, 3.63) is 0 Å². The van der Waals surface area contributed by atoms with Crippen LogP contribution in [-0.4, -0.2) is 23.2 Å². The molecule has 0 aliphatic carbocycles. The molecule has 0 bridgehead atoms. The van der Waals surface area contributed by atoms with Gasteiger partial charge in [0.05, 0.1) is 12.1 Å². The third-order valence-corrected chi connectivity index (χ3v) is 1.15. The van der Waals surface area contributed by atoms with Gasteiger partial charge in [-0.25, -0.2) is 0 Å². The van der Waals surface area contributed by atoms with Crippen LogP contribution in [0.5, 0.6) is 0 Å². The third kappa shape index (κ3) is 3.97. The lowest BCUT2D eigenvalue weighted by Crippen LogP contribution is -2.38. The number of carbonyl (C=O) groups is 1. The van der Waals surface area contributed by atoms with Crippen LogP contribution in [0.25, 0.3) is 0 Å². The highest BCUT2D eigenvalue weighted by Crippen LogP contribution is 1.88. The Kier molecular flexibility index (Phi) is 3.24. The van der Waals surface area contributed by atoms with Gasteiger partial charge < -0.3 is 10.4 Å². The molecule has 2 atom stereocenters. The van der Waals surface area contributed by atoms with Gasteiger partial charge >= 0.3 is 0 Å². The van der Waals surface area contributed by atoms with E-state index in [2.05, 4.69) is 5.32 Å². The third-order valence-electron chi connectivity index (χ3n) is 1.15. The fourth-order valence-corrected chi connectivity index (χ4v) is 0.441. The van der Waals surface area contributed by atoms with Crippen molar-refractivity contribution < 1.29 is 9.90 Å². The number of amides is 1. The molecule has 0 rings (SSSR count). The van der Waals surface area contributed by atoms with Crippen molar-refractivity contribution in [2.24, 2.45) is 0 Å². The van der Waals surface area contributed by atoms with Crippen LogP contribution in [0.1, 0.15) is 20.8 Å². The zero-order valence-corrected chi connectivity index (χ0v) is 6.01. The van der Waals surface area contributed by atoms with Crippen LogP contribution < -0.4 is 5.32 Å². The van der Waals surface area contributed by atoms with E-state index in [1.807, 2.05) is 0 Å². The van der Waals surface area contributed by atoms with Gasteiger partial charge in [0.15, 0.2) is 0 Å². The minimum Gasteiger partial charge on any atom is -0.391 e. The largest absolute Gasteiger partial charge is 0.391 e. The Morgan fingerprint density at radius 2 is 2.00 bits per heavy atom. The van der Waals surface area contributed by atoms with Crippen LogP contribution in [0.15, 0.2) is 0 Å². The summed E-state index contributed by atoms with van der Waals surface area (Å²) in [5.74, 6) is -0.108. The number of nitrogens with one attached hydrogen (secondary N) is 1. The zero-order chi connectivity index (χ0) is 7.44. The van der Waals surface area contributed by atoms with Gasteiger partial charge in [0.25, 0.3) is 0 Å². The molecule has 0 aromatic rings. The summed E-state index contributed by atoms with van der Waals surface area (Å²) in [5, 5.41) is 11.4. The monoisotopic (exact) mass is 131 g/mol. The molecule has 2 N–H and O–H groups in total. The average Bonchev–Trinajstić information content (AvgIpc) is 1.63. The van der Waals surface area contributed by atoms with E-state index in [4.69, 9.17) is 5.11 Å². The van der Waals surface area contributed by atoms with Crippen LogP contribution >= 0.6 is 0 Å². The van der Waals surface area contributed by atoms with Crippen molar-refractivity contribution in [2.75, 3.05) is 0 Å². The van der Waals surface area contributed by atoms with Crippen LogP contribution in [0.3, 0.4) is 0 Å². The van der Waals surface area contributed by atoms with E-state index in [9.17, 15) is 4.79 Å². The zero-order valence-electron chi connectivity index (χ0n) is 6.01. The summed E-state index contributed by atoms with van der Waals surface area (Å²) >= 11 is 0. The summed E-state index contributed by atoms with van der Waals surface area (Å²) in [7, 11) is 0. The molecule has 1 amide bonds. The smallest absolute Gasteiger partial charge is 0.217 e. The molecular weight excluding hydrogens is 118 g/mol. The summed E-state index contributed by atoms with van der Waals surface area (Å²) < 4.78 is 0. The summed E-state index contributed by atoms with van der Waals surface area (Å²) in [6.45, 7) is 4.82. The van der Waals surface area contributed by atoms with Gasteiger partial charge in [-0.1, -0.05) is 0 Å². The molecule has 0 saturated heterocycles. The molecule has 0 spiro atoms. The number of rotatable bonds is 2. The molecule has 54 valence electrons. The summed E-state index contributed by atoms with van der Waals surface area (Å²) in [6.07, 6.45) is -0.478. The van der Waals surface area contributed by atoms with Crippen LogP contribution in [0, 0.1) is 0 Å². The summed E-state index contributed by atoms with van der Waals surface area (Å²) in [6, 6.07) is -0.150. The predicted molar refractivity (Wildman–Crippen MR) is 35.0 cm³/mol. The number of hydrogen-bond acceptors (Lipinski definition) is 2. The number of aliphatic hydroxyl groups is 1. The van der Waals surface area contributed by atoms with Crippen LogP contribution in [0.2, 0.25) is 0 Å². The second-order valence-electron chi connectivity index (χ2n) is 2.23. The lowest BCUT2D eigenvalue weighted by molar-refractivity contribution is -0.120. The molecule has 0 aliphatic heterocycles. The lowest BCUT2D eigenvalue weighted by atomic mass is 10.2. The van der Waals surface area contributed by atoms with Crippen molar-refractivity contribution >= 4 is 5.91 Å². The molecular formula is C6H13NO2. The Morgan fingerprint density at radius 3 is 2.11 bits per heavy atom. The summed E-state index contributed by atoms with van der Waals surface area (Å²) in [4.78, 5) is 10.3. The first kappa shape index (κ1) is 8.43. The molecule has 3 heteroatoms. The van der Waals surface area contributed by atoms with E-state index in [1.165, 1.54) is 6.92 Å². The first-order valence-corrected chi connectivity index (χ1v) is 2.99. The van der Waals surface area contributed by atoms with Crippen molar-refractivity contribution in [3.8, 4) is 0 Å². The van der Waals surface area contributed by atoms with E-state index in [0.29, 0.717) is 0 Å². The average molecular weight is 131 g/mol. The van der Waals surface area contributed by atoms with E-state index < -0.39 is 6.10 Å². The highest BCUT2D eigenvalue weighted by atomic mass is 16.3. The van der Waals surface area contributed by atoms with Gasteiger partial charge in [-0.3, -0.25) is 4.79 Å². The Labute approximate surface area is 55.1 Å². The molecule has 0 aromatic carbocycles. The maximum Gasteiger partial charge on any atom is 0.217 e. The number of aliphatic hydroxyl groups excluding tert-OH is 1. The summed E-state index contributed by atoms with van der Waals surface area (Å²) in [5.41, 5.74) is 0. The molecule has 0 aliphatic rings. The second-order valence-corrected chi connectivity index (χ2v) is 2.23. The molecule has 0 aromatic heterocycles. The van der Waals surface area contributed by atoms with E-state index in [0.717, 1.165) is 0 Å². The van der Waals surface area contributed by atoms with Gasteiger partial charge in [-0.2, -0.15) is 0 Å². The van der Waals surface area contributed by atoms with Gasteiger partial charge in [0.1, 0.15) is 0 Å². The first-order valence-electron chi connectivity index (χ1n) is 2.99. The Hall–Kier alpha value is -0.570. The fourth-order valence-electron chi connectivity index (χ4n) is 0.441. The second kappa shape index (κ2) is 3.45. The molecule has 9 heavy (non-hydrogen) atoms. The minimum absolute atomic E-state index is 0.108. The van der Waals surface area contributed by atoms with Gasteiger partial charge in [-0.05, 0) is 13.8 Å². The van der Waals surface area contributed by atoms with Gasteiger partial charge in [0, 0.05) is 6.92 Å². The predicted octanol–water partition coefficient (Wildman–Crippen LogP) is -0.108. The highest BCUT2D eigenvalue weighted by molar-refractivity contribution is 5.73. The Morgan fingerprint density at radius 1 is 1.56 bits per heavy atom. The molecule has 0 unspecified atom stereocenters. The van der Waals surface area contributed by atoms with E-state index in [-0.39, 0.29) is 11.9 Å². The molecule has 0 heterocycles. The van der Waals surface area contributed by atoms with Crippen molar-refractivity contribution in [1.82, 2.24) is 5.32 Å². The maximum atomic E-state index is 10.3. The van der Waals surface area contributed by atoms with Crippen molar-refractivity contribution in [1.29, 1.82) is 0 Å². The number of hydrogen-bond donors (Lipinski definition) is 2. The Balaban J connectivity index is 3.50. The fraction of sp³-hybridized carbons (Fsp3) is 0.833. The van der Waals surface area contributed by atoms with Crippen LogP contribution in [-0.2, 0) is 4.79 Å². The molecule has 0 radical (unpaired) electrons. The lowest BCUT2D eigenvalue weighted by Gasteiger charge is -2.14. The molecule has 0 saturated carbocycles. The standard InChI is InChI=1S/C6H13NO2/c1-4(5(2)8)7-6(3)9/h4-5,8H,1-3H3,(H,7,9)/t4-,5-/m0/s1. The van der Waals surface area contributed by atoms with Gasteiger partial charge in [-0.15, -0.1) is 0 Å². The minimum atomic E-state index is -0.478. The first-order chi connectivity index (χ1) is 4.04. The molecule has 0 fully saturated rings. The Bertz CT molecular complexity index is 101. The highest BCUT2D eigenvalue weighted by Gasteiger charge is 2.07. The van der Waals surface area contributed by atoms with E-state index in [1.54, 1.807) is 13.8 Å². The topological polar surface area (TPSA) is 49.3 Å². The van der Waals surface area contributed by atoms with Gasteiger partial charge in [0.2, 0.25) is 5.91 Å². The van der Waals surface area contributed by atoms with Crippen LogP contribution in [0.4, 0.5) is 0 Å². The van der Waals surface area contributed by atoms with E-state index >= 15 is 0 Å². The quantitative estimate of drug-likeness (QED) is 0.549. The SMILES string of the molecule is CC(=O)N[C@@H](C)[C@H](C)O. The van der Waals surface area contributed by atoms with Crippen molar-refractivity contribution in [2.45, 2.75) is 32.9 Å². The maximum absolute atomic E-state index is 10.3. The number of carbonyl (C=O) groups excluding carboxylic acids is 1.